The van der Waals surface area contributed by atoms with Crippen LogP contribution in [0.25, 0.3) is 0 Å². The highest BCUT2D eigenvalue weighted by Gasteiger charge is 2.35. The number of carbonyl (C=O) groups is 1. The van der Waals surface area contributed by atoms with Crippen LogP contribution in [-0.4, -0.2) is 52.5 Å². The van der Waals surface area contributed by atoms with Gasteiger partial charge in [0.15, 0.2) is 0 Å². The maximum atomic E-state index is 13.5. The van der Waals surface area contributed by atoms with Gasteiger partial charge in [-0.3, -0.25) is 4.79 Å². The smallest absolute Gasteiger partial charge is 0.254 e. The Morgan fingerprint density at radius 3 is 2.10 bits per heavy atom. The molecule has 3 aromatic carbocycles. The number of fused-ring (bicyclic) bond motifs is 1. The Balaban J connectivity index is 1.18. The van der Waals surface area contributed by atoms with Gasteiger partial charge in [0.25, 0.3) is 5.91 Å². The van der Waals surface area contributed by atoms with E-state index in [1.807, 2.05) is 0 Å². The molecule has 6 rings (SSSR count). The van der Waals surface area contributed by atoms with Crippen molar-refractivity contribution in [3.63, 3.8) is 0 Å². The van der Waals surface area contributed by atoms with Crippen LogP contribution in [0, 0.1) is 0 Å². The van der Waals surface area contributed by atoms with E-state index in [2.05, 4.69) is 106 Å². The predicted molar refractivity (Wildman–Crippen MR) is 158 cm³/mol. The zero-order valence-electron chi connectivity index (χ0n) is 23.3. The molecule has 0 N–H and O–H groups in total. The van der Waals surface area contributed by atoms with Gasteiger partial charge in [-0.05, 0) is 48.1 Å². The number of piperazine rings is 1. The Hall–Kier alpha value is -3.15. The quantitative estimate of drug-likeness (QED) is 0.338. The zero-order valence-corrected chi connectivity index (χ0v) is 23.3. The molecule has 0 radical (unpaired) electrons. The lowest BCUT2D eigenvalue weighted by molar-refractivity contribution is -0.0546. The lowest BCUT2D eigenvalue weighted by atomic mass is 9.94. The standard InChI is InChI=1S/C34H42N4O/c1-2-30-26-35(36(23-27-12-6-3-7-13-27)24-28-14-8-4-9-15-28)20-21-37(30)32-19-18-29-25-38(34(39)33(29)22-32)31-16-10-5-11-17-31/h3-4,6-9,12-15,18-19,22,30-31H,2,5,10-11,16-17,20-21,23-26H2,1H3. The number of hydrogen-bond donors (Lipinski definition) is 0. The highest BCUT2D eigenvalue weighted by Crippen LogP contribution is 2.34. The molecule has 0 spiro atoms. The largest absolute Gasteiger partial charge is 0.366 e. The molecule has 0 aromatic heterocycles. The van der Waals surface area contributed by atoms with E-state index in [4.69, 9.17) is 0 Å². The van der Waals surface area contributed by atoms with Crippen LogP contribution in [0.4, 0.5) is 5.69 Å². The molecule has 2 heterocycles. The number of hydrazine groups is 1. The van der Waals surface area contributed by atoms with Crippen LogP contribution in [0.2, 0.25) is 0 Å². The van der Waals surface area contributed by atoms with Gasteiger partial charge in [-0.25, -0.2) is 10.0 Å². The van der Waals surface area contributed by atoms with Gasteiger partial charge in [0.05, 0.1) is 0 Å². The van der Waals surface area contributed by atoms with Crippen molar-refractivity contribution in [1.82, 2.24) is 14.9 Å². The summed E-state index contributed by atoms with van der Waals surface area (Å²) in [5.74, 6) is 0.252. The molecule has 3 aliphatic rings. The molecule has 1 unspecified atom stereocenters. The maximum Gasteiger partial charge on any atom is 0.254 e. The van der Waals surface area contributed by atoms with Gasteiger partial charge in [0, 0.05) is 62.6 Å². The van der Waals surface area contributed by atoms with E-state index < -0.39 is 0 Å². The summed E-state index contributed by atoms with van der Waals surface area (Å²) in [7, 11) is 0. The van der Waals surface area contributed by atoms with Crippen LogP contribution in [0.5, 0.6) is 0 Å². The Morgan fingerprint density at radius 1 is 0.795 bits per heavy atom. The summed E-state index contributed by atoms with van der Waals surface area (Å²) in [6, 6.07) is 29.1. The minimum Gasteiger partial charge on any atom is -0.366 e. The summed E-state index contributed by atoms with van der Waals surface area (Å²) in [5.41, 5.74) is 6.02. The van der Waals surface area contributed by atoms with Crippen LogP contribution in [-0.2, 0) is 19.6 Å². The van der Waals surface area contributed by atoms with Gasteiger partial charge < -0.3 is 9.80 Å². The van der Waals surface area contributed by atoms with E-state index in [-0.39, 0.29) is 5.91 Å². The molecule has 3 aromatic rings. The molecule has 2 aliphatic heterocycles. The van der Waals surface area contributed by atoms with Crippen molar-refractivity contribution < 1.29 is 4.79 Å². The number of hydrogen-bond acceptors (Lipinski definition) is 4. The highest BCUT2D eigenvalue weighted by atomic mass is 16.2. The number of carbonyl (C=O) groups excluding carboxylic acids is 1. The maximum absolute atomic E-state index is 13.5. The van der Waals surface area contributed by atoms with E-state index in [1.54, 1.807) is 0 Å². The Kier molecular flexibility index (Phi) is 7.98. The first-order valence-electron chi connectivity index (χ1n) is 15.0. The molecular formula is C34H42N4O. The number of anilines is 1. The molecule has 1 amide bonds. The van der Waals surface area contributed by atoms with Crippen LogP contribution >= 0.6 is 0 Å². The fourth-order valence-electron chi connectivity index (χ4n) is 6.81. The monoisotopic (exact) mass is 522 g/mol. The SMILES string of the molecule is CCC1CN(N(Cc2ccccc2)Cc2ccccc2)CCN1c1ccc2c(c1)C(=O)N(C1CCCCC1)C2. The van der Waals surface area contributed by atoms with Gasteiger partial charge in [0.2, 0.25) is 0 Å². The minimum absolute atomic E-state index is 0.252. The number of benzene rings is 3. The molecule has 0 bridgehead atoms. The average Bonchev–Trinajstić information content (AvgIpc) is 3.33. The Bertz CT molecular complexity index is 1200. The third-order valence-electron chi connectivity index (χ3n) is 9.02. The average molecular weight is 523 g/mol. The molecule has 5 nitrogen and oxygen atoms in total. The lowest BCUT2D eigenvalue weighted by Crippen LogP contribution is -2.58. The molecule has 1 aliphatic carbocycles. The fourth-order valence-corrected chi connectivity index (χ4v) is 6.81. The third kappa shape index (κ3) is 5.75. The first-order chi connectivity index (χ1) is 19.2. The second-order valence-corrected chi connectivity index (χ2v) is 11.5. The van der Waals surface area contributed by atoms with Gasteiger partial charge in [0.1, 0.15) is 0 Å². The van der Waals surface area contributed by atoms with E-state index >= 15 is 0 Å². The second kappa shape index (κ2) is 11.9. The van der Waals surface area contributed by atoms with Crippen LogP contribution in [0.15, 0.2) is 78.9 Å². The van der Waals surface area contributed by atoms with Crippen LogP contribution in [0.3, 0.4) is 0 Å². The van der Waals surface area contributed by atoms with Gasteiger partial charge in [-0.1, -0.05) is 92.9 Å². The van der Waals surface area contributed by atoms with Crippen molar-refractivity contribution in [2.45, 2.75) is 77.2 Å². The molecule has 1 atom stereocenters. The molecule has 1 saturated heterocycles. The van der Waals surface area contributed by atoms with Crippen LogP contribution in [0.1, 0.15) is 72.5 Å². The number of nitrogens with zero attached hydrogens (tertiary/aromatic N) is 4. The first-order valence-corrected chi connectivity index (χ1v) is 15.0. The minimum atomic E-state index is 0.252. The van der Waals surface area contributed by atoms with E-state index in [0.717, 1.165) is 64.1 Å². The van der Waals surface area contributed by atoms with Crippen molar-refractivity contribution in [3.05, 3.63) is 101 Å². The van der Waals surface area contributed by atoms with E-state index in [9.17, 15) is 4.79 Å². The zero-order chi connectivity index (χ0) is 26.6. The van der Waals surface area contributed by atoms with Crippen molar-refractivity contribution in [2.75, 3.05) is 24.5 Å². The van der Waals surface area contributed by atoms with Crippen LogP contribution < -0.4 is 4.90 Å². The summed E-state index contributed by atoms with van der Waals surface area (Å²) in [6.07, 6.45) is 7.21. The molecule has 39 heavy (non-hydrogen) atoms. The Morgan fingerprint density at radius 2 is 1.46 bits per heavy atom. The molecule has 204 valence electrons. The van der Waals surface area contributed by atoms with Crippen molar-refractivity contribution >= 4 is 11.6 Å². The lowest BCUT2D eigenvalue weighted by Gasteiger charge is -2.46. The van der Waals surface area contributed by atoms with Gasteiger partial charge >= 0.3 is 0 Å². The summed E-state index contributed by atoms with van der Waals surface area (Å²) in [5, 5.41) is 5.09. The summed E-state index contributed by atoms with van der Waals surface area (Å²) >= 11 is 0. The first kappa shape index (κ1) is 26.1. The summed E-state index contributed by atoms with van der Waals surface area (Å²) in [6.45, 7) is 7.79. The highest BCUT2D eigenvalue weighted by molar-refractivity contribution is 5.99. The molecule has 1 saturated carbocycles. The normalized spacial score (nSPS) is 20.6. The molecule has 2 fully saturated rings. The van der Waals surface area contributed by atoms with Crippen molar-refractivity contribution in [1.29, 1.82) is 0 Å². The summed E-state index contributed by atoms with van der Waals surface area (Å²) in [4.78, 5) is 18.2. The summed E-state index contributed by atoms with van der Waals surface area (Å²) < 4.78 is 0. The van der Waals surface area contributed by atoms with Crippen molar-refractivity contribution in [3.8, 4) is 0 Å². The Labute approximate surface area is 234 Å². The van der Waals surface area contributed by atoms with Gasteiger partial charge in [-0.2, -0.15) is 0 Å². The molecule has 5 heteroatoms. The fraction of sp³-hybridized carbons (Fsp3) is 0.441. The number of rotatable bonds is 8. The van der Waals surface area contributed by atoms with Gasteiger partial charge in [-0.15, -0.1) is 0 Å². The second-order valence-electron chi connectivity index (χ2n) is 11.5. The topological polar surface area (TPSA) is 30.0 Å². The predicted octanol–water partition coefficient (Wildman–Crippen LogP) is 6.49. The molecular weight excluding hydrogens is 480 g/mol. The third-order valence-corrected chi connectivity index (χ3v) is 9.02. The number of amides is 1. The van der Waals surface area contributed by atoms with Crippen molar-refractivity contribution in [2.24, 2.45) is 0 Å². The van der Waals surface area contributed by atoms with E-state index in [0.29, 0.717) is 12.1 Å². The van der Waals surface area contributed by atoms with E-state index in [1.165, 1.54) is 41.6 Å².